The molecule has 0 spiro atoms. The van der Waals surface area contributed by atoms with Crippen molar-refractivity contribution in [3.8, 4) is 0 Å². The molecule has 0 saturated carbocycles. The lowest BCUT2D eigenvalue weighted by atomic mass is 10.1. The normalized spacial score (nSPS) is 10.9. The molecule has 0 aliphatic carbocycles. The van der Waals surface area contributed by atoms with Crippen LogP contribution in [0.2, 0.25) is 5.02 Å². The van der Waals surface area contributed by atoms with Gasteiger partial charge in [-0.05, 0) is 42.3 Å². The Bertz CT molecular complexity index is 858. The van der Waals surface area contributed by atoms with Crippen LogP contribution in [0.4, 0.5) is 0 Å². The summed E-state index contributed by atoms with van der Waals surface area (Å²) in [5.41, 5.74) is 5.59. The van der Waals surface area contributed by atoms with Crippen molar-refractivity contribution in [3.05, 3.63) is 86.0 Å². The molecule has 5 heteroatoms. The van der Waals surface area contributed by atoms with Gasteiger partial charge in [0.15, 0.2) is 0 Å². The van der Waals surface area contributed by atoms with Gasteiger partial charge < -0.3 is 4.57 Å². The molecule has 23 heavy (non-hydrogen) atoms. The van der Waals surface area contributed by atoms with Crippen LogP contribution in [0.25, 0.3) is 0 Å². The summed E-state index contributed by atoms with van der Waals surface area (Å²) in [7, 11) is 2.07. The van der Waals surface area contributed by atoms with E-state index in [4.69, 9.17) is 11.6 Å². The second-order valence-corrected chi connectivity index (χ2v) is 6.15. The SMILES string of the molecule is Cc1cc(Cc2ccc(=O)[nH]n2)n(C)c1Cc1ccc(Cl)cc1. The number of nitrogens with one attached hydrogen (secondary N) is 1. The van der Waals surface area contributed by atoms with Crippen molar-refractivity contribution in [3.63, 3.8) is 0 Å². The third kappa shape index (κ3) is 3.54. The molecule has 0 atom stereocenters. The molecule has 1 N–H and O–H groups in total. The van der Waals surface area contributed by atoms with E-state index in [1.807, 2.05) is 12.1 Å². The van der Waals surface area contributed by atoms with E-state index in [9.17, 15) is 4.79 Å². The zero-order chi connectivity index (χ0) is 16.4. The molecule has 2 aromatic heterocycles. The third-order valence-electron chi connectivity index (χ3n) is 4.06. The molecule has 118 valence electrons. The zero-order valence-corrected chi connectivity index (χ0v) is 13.9. The molecular formula is C18H18ClN3O. The Morgan fingerprint density at radius 2 is 1.87 bits per heavy atom. The number of hydrogen-bond acceptors (Lipinski definition) is 2. The Morgan fingerprint density at radius 1 is 1.13 bits per heavy atom. The molecule has 0 saturated heterocycles. The Hall–Kier alpha value is -2.33. The van der Waals surface area contributed by atoms with E-state index in [0.29, 0.717) is 6.42 Å². The largest absolute Gasteiger partial charge is 0.351 e. The fraction of sp³-hybridized carbons (Fsp3) is 0.222. The number of nitrogens with zero attached hydrogens (tertiary/aromatic N) is 2. The van der Waals surface area contributed by atoms with Gasteiger partial charge in [-0.3, -0.25) is 4.79 Å². The minimum absolute atomic E-state index is 0.180. The minimum atomic E-state index is -0.180. The smallest absolute Gasteiger partial charge is 0.264 e. The van der Waals surface area contributed by atoms with Crippen molar-refractivity contribution >= 4 is 11.6 Å². The lowest BCUT2D eigenvalue weighted by Crippen LogP contribution is -2.09. The van der Waals surface area contributed by atoms with E-state index < -0.39 is 0 Å². The second-order valence-electron chi connectivity index (χ2n) is 5.72. The molecule has 0 aliphatic rings. The van der Waals surface area contributed by atoms with Gasteiger partial charge in [-0.25, -0.2) is 5.10 Å². The van der Waals surface area contributed by atoms with Gasteiger partial charge in [0.25, 0.3) is 5.56 Å². The second kappa shape index (κ2) is 6.42. The van der Waals surface area contributed by atoms with Crippen molar-refractivity contribution in [2.24, 2.45) is 7.05 Å². The Morgan fingerprint density at radius 3 is 2.52 bits per heavy atom. The highest BCUT2D eigenvalue weighted by molar-refractivity contribution is 6.30. The summed E-state index contributed by atoms with van der Waals surface area (Å²) in [5.74, 6) is 0. The molecule has 0 fully saturated rings. The maximum atomic E-state index is 11.1. The van der Waals surface area contributed by atoms with Gasteiger partial charge in [0.05, 0.1) is 5.69 Å². The topological polar surface area (TPSA) is 50.7 Å². The first-order valence-electron chi connectivity index (χ1n) is 7.46. The zero-order valence-electron chi connectivity index (χ0n) is 13.1. The number of benzene rings is 1. The van der Waals surface area contributed by atoms with Gasteiger partial charge in [-0.2, -0.15) is 5.10 Å². The van der Waals surface area contributed by atoms with Crippen LogP contribution in [0, 0.1) is 6.92 Å². The van der Waals surface area contributed by atoms with E-state index >= 15 is 0 Å². The van der Waals surface area contributed by atoms with Crippen LogP contribution in [0.1, 0.15) is 28.2 Å². The first kappa shape index (κ1) is 15.6. The summed E-state index contributed by atoms with van der Waals surface area (Å²) < 4.78 is 2.21. The molecule has 3 rings (SSSR count). The average molecular weight is 328 g/mol. The van der Waals surface area contributed by atoms with Crippen LogP contribution in [0.3, 0.4) is 0 Å². The molecular weight excluding hydrogens is 310 g/mol. The van der Waals surface area contributed by atoms with Gasteiger partial charge in [-0.1, -0.05) is 23.7 Å². The molecule has 0 amide bonds. The number of aromatic amines is 1. The van der Waals surface area contributed by atoms with Crippen LogP contribution in [0.15, 0.2) is 47.3 Å². The Balaban J connectivity index is 1.85. The highest BCUT2D eigenvalue weighted by Gasteiger charge is 2.11. The van der Waals surface area contributed by atoms with Crippen molar-refractivity contribution in [1.29, 1.82) is 0 Å². The first-order valence-corrected chi connectivity index (χ1v) is 7.84. The van der Waals surface area contributed by atoms with Gasteiger partial charge in [-0.15, -0.1) is 0 Å². The summed E-state index contributed by atoms with van der Waals surface area (Å²) in [6.45, 7) is 2.12. The molecule has 3 aromatic rings. The van der Waals surface area contributed by atoms with Gasteiger partial charge in [0.2, 0.25) is 0 Å². The van der Waals surface area contributed by atoms with E-state index in [-0.39, 0.29) is 5.56 Å². The molecule has 0 unspecified atom stereocenters. The maximum Gasteiger partial charge on any atom is 0.264 e. The fourth-order valence-corrected chi connectivity index (χ4v) is 2.87. The van der Waals surface area contributed by atoms with Crippen LogP contribution < -0.4 is 5.56 Å². The predicted octanol–water partition coefficient (Wildman–Crippen LogP) is 3.25. The number of aryl methyl sites for hydroxylation is 1. The summed E-state index contributed by atoms with van der Waals surface area (Å²) in [6, 6.07) is 13.4. The van der Waals surface area contributed by atoms with E-state index in [1.165, 1.54) is 28.6 Å². The van der Waals surface area contributed by atoms with E-state index in [1.54, 1.807) is 6.07 Å². The number of H-pyrrole nitrogens is 1. The highest BCUT2D eigenvalue weighted by Crippen LogP contribution is 2.20. The Kier molecular flexibility index (Phi) is 4.35. The quantitative estimate of drug-likeness (QED) is 0.799. The van der Waals surface area contributed by atoms with Crippen LogP contribution in [-0.4, -0.2) is 14.8 Å². The van der Waals surface area contributed by atoms with Gasteiger partial charge >= 0.3 is 0 Å². The van der Waals surface area contributed by atoms with Gasteiger partial charge in [0.1, 0.15) is 0 Å². The number of halogens is 1. The van der Waals surface area contributed by atoms with Crippen LogP contribution in [-0.2, 0) is 19.9 Å². The maximum absolute atomic E-state index is 11.1. The number of aromatic nitrogens is 3. The molecule has 0 radical (unpaired) electrons. The summed E-state index contributed by atoms with van der Waals surface area (Å²) in [5, 5.41) is 7.31. The Labute approximate surface area is 139 Å². The van der Waals surface area contributed by atoms with E-state index in [2.05, 4.69) is 46.9 Å². The lowest BCUT2D eigenvalue weighted by Gasteiger charge is -2.09. The van der Waals surface area contributed by atoms with Crippen molar-refractivity contribution in [2.45, 2.75) is 19.8 Å². The summed E-state index contributed by atoms with van der Waals surface area (Å²) >= 11 is 5.95. The highest BCUT2D eigenvalue weighted by atomic mass is 35.5. The predicted molar refractivity (Wildman–Crippen MR) is 92.1 cm³/mol. The molecule has 0 bridgehead atoms. The number of hydrogen-bond donors (Lipinski definition) is 1. The van der Waals surface area contributed by atoms with Crippen molar-refractivity contribution < 1.29 is 0 Å². The van der Waals surface area contributed by atoms with Crippen LogP contribution in [0.5, 0.6) is 0 Å². The third-order valence-corrected chi connectivity index (χ3v) is 4.31. The first-order chi connectivity index (χ1) is 11.0. The molecule has 0 aliphatic heterocycles. The van der Waals surface area contributed by atoms with Crippen LogP contribution >= 0.6 is 11.6 Å². The van der Waals surface area contributed by atoms with Gasteiger partial charge in [0, 0.05) is 42.4 Å². The standard InChI is InChI=1S/C18H18ClN3O/c1-12-9-16(11-15-7-8-18(23)21-20-15)22(2)17(12)10-13-3-5-14(19)6-4-13/h3-9H,10-11H2,1-2H3,(H,21,23). The summed E-state index contributed by atoms with van der Waals surface area (Å²) in [4.78, 5) is 11.1. The minimum Gasteiger partial charge on any atom is -0.351 e. The molecule has 1 aromatic carbocycles. The van der Waals surface area contributed by atoms with E-state index in [0.717, 1.165) is 17.1 Å². The van der Waals surface area contributed by atoms with Crippen molar-refractivity contribution in [2.75, 3.05) is 0 Å². The van der Waals surface area contributed by atoms with Crippen molar-refractivity contribution in [1.82, 2.24) is 14.8 Å². The molecule has 2 heterocycles. The lowest BCUT2D eigenvalue weighted by molar-refractivity contribution is 0.779. The monoisotopic (exact) mass is 327 g/mol. The fourth-order valence-electron chi connectivity index (χ4n) is 2.75. The molecule has 4 nitrogen and oxygen atoms in total. The number of rotatable bonds is 4. The summed E-state index contributed by atoms with van der Waals surface area (Å²) in [6.07, 6.45) is 1.55. The average Bonchev–Trinajstić information content (AvgIpc) is 2.79.